The first-order chi connectivity index (χ1) is 8.11. The zero-order valence-corrected chi connectivity index (χ0v) is 11.4. The molecule has 1 aliphatic rings. The fraction of sp³-hybridized carbons (Fsp3) is 0.462. The van der Waals surface area contributed by atoms with Crippen LogP contribution in [0, 0.1) is 5.92 Å². The number of carbonyl (C=O) groups excluding carboxylic acids is 1. The third kappa shape index (κ3) is 2.76. The molecule has 3 atom stereocenters. The Balaban J connectivity index is 2.23. The zero-order chi connectivity index (χ0) is 12.4. The number of methoxy groups -OCH3 is 1. The molecule has 1 saturated heterocycles. The molecule has 92 valence electrons. The molecule has 2 rings (SSSR count). The van der Waals surface area contributed by atoms with Crippen molar-refractivity contribution in [3.8, 4) is 0 Å². The van der Waals surface area contributed by atoms with Gasteiger partial charge in [-0.2, -0.15) is 0 Å². The minimum absolute atomic E-state index is 0.123. The molecule has 1 fully saturated rings. The van der Waals surface area contributed by atoms with Gasteiger partial charge in [-0.25, -0.2) is 0 Å². The molecule has 4 heteroatoms. The largest absolute Gasteiger partial charge is 0.355 e. The van der Waals surface area contributed by atoms with Crippen LogP contribution in [0.3, 0.4) is 0 Å². The van der Waals surface area contributed by atoms with Crippen molar-refractivity contribution in [1.29, 1.82) is 0 Å². The van der Waals surface area contributed by atoms with Crippen LogP contribution in [0.5, 0.6) is 0 Å². The molecule has 1 heterocycles. The Bertz CT molecular complexity index is 402. The fourth-order valence-corrected chi connectivity index (χ4v) is 2.27. The van der Waals surface area contributed by atoms with Crippen LogP contribution in [0.4, 0.5) is 0 Å². The van der Waals surface area contributed by atoms with E-state index in [0.717, 1.165) is 10.0 Å². The predicted molar refractivity (Wildman–Crippen MR) is 67.6 cm³/mol. The summed E-state index contributed by atoms with van der Waals surface area (Å²) in [5, 5.41) is 0. The van der Waals surface area contributed by atoms with E-state index in [1.165, 1.54) is 0 Å². The van der Waals surface area contributed by atoms with Gasteiger partial charge in [-0.1, -0.05) is 35.0 Å². The molecule has 0 aliphatic carbocycles. The van der Waals surface area contributed by atoms with Gasteiger partial charge in [0.2, 0.25) is 0 Å². The Hall–Kier alpha value is -0.710. The van der Waals surface area contributed by atoms with Gasteiger partial charge in [-0.15, -0.1) is 0 Å². The number of ether oxygens (including phenoxy) is 2. The van der Waals surface area contributed by atoms with Crippen LogP contribution in [0.15, 0.2) is 28.7 Å². The molecule has 1 aromatic carbocycles. The van der Waals surface area contributed by atoms with Crippen LogP contribution in [0.25, 0.3) is 0 Å². The smallest absolute Gasteiger partial charge is 0.164 e. The molecule has 17 heavy (non-hydrogen) atoms. The van der Waals surface area contributed by atoms with Crippen molar-refractivity contribution in [2.24, 2.45) is 5.92 Å². The first-order valence-corrected chi connectivity index (χ1v) is 6.37. The second kappa shape index (κ2) is 5.29. The summed E-state index contributed by atoms with van der Waals surface area (Å²) in [5.74, 6) is 0.0681. The minimum Gasteiger partial charge on any atom is -0.355 e. The Morgan fingerprint density at radius 3 is 2.59 bits per heavy atom. The molecular formula is C13H15BrO3. The van der Waals surface area contributed by atoms with Crippen LogP contribution < -0.4 is 0 Å². The predicted octanol–water partition coefficient (Wildman–Crippen LogP) is 3.09. The van der Waals surface area contributed by atoms with Crippen LogP contribution >= 0.6 is 15.9 Å². The van der Waals surface area contributed by atoms with Gasteiger partial charge in [0.15, 0.2) is 6.29 Å². The highest BCUT2D eigenvalue weighted by Gasteiger charge is 2.35. The molecule has 0 aromatic heterocycles. The lowest BCUT2D eigenvalue weighted by Crippen LogP contribution is -2.36. The normalized spacial score (nSPS) is 29.4. The molecule has 0 N–H and O–H groups in total. The Labute approximate surface area is 109 Å². The first-order valence-electron chi connectivity index (χ1n) is 5.58. The minimum atomic E-state index is -0.424. The lowest BCUT2D eigenvalue weighted by Gasteiger charge is -2.33. The summed E-state index contributed by atoms with van der Waals surface area (Å²) in [5.41, 5.74) is 1.01. The average molecular weight is 299 g/mol. The van der Waals surface area contributed by atoms with E-state index >= 15 is 0 Å². The number of carbonyl (C=O) groups is 1. The SMILES string of the molecule is CO[C@H]1CC(=O)[C@H](C)[C@H](c2ccc(Br)cc2)O1. The number of ketones is 1. The Kier molecular flexibility index (Phi) is 3.97. The van der Waals surface area contributed by atoms with E-state index in [9.17, 15) is 4.79 Å². The highest BCUT2D eigenvalue weighted by Crippen LogP contribution is 2.34. The summed E-state index contributed by atoms with van der Waals surface area (Å²) in [6.07, 6.45) is -0.299. The number of benzene rings is 1. The Morgan fingerprint density at radius 2 is 2.00 bits per heavy atom. The van der Waals surface area contributed by atoms with Crippen molar-refractivity contribution >= 4 is 21.7 Å². The number of hydrogen-bond acceptors (Lipinski definition) is 3. The van der Waals surface area contributed by atoms with Crippen LogP contribution in [0.1, 0.15) is 25.0 Å². The topological polar surface area (TPSA) is 35.5 Å². The first kappa shape index (κ1) is 12.7. The summed E-state index contributed by atoms with van der Waals surface area (Å²) in [6.45, 7) is 1.90. The maximum absolute atomic E-state index is 11.8. The van der Waals surface area contributed by atoms with Gasteiger partial charge >= 0.3 is 0 Å². The van der Waals surface area contributed by atoms with E-state index < -0.39 is 6.29 Å². The van der Waals surface area contributed by atoms with E-state index in [4.69, 9.17) is 9.47 Å². The number of Topliss-reactive ketones (excluding diaryl/α,β-unsaturated/α-hetero) is 1. The standard InChI is InChI=1S/C13H15BrO3/c1-8-11(15)7-12(16-2)17-13(8)9-3-5-10(14)6-4-9/h3-6,8,12-13H,7H2,1-2H3/t8-,12+,13+/m0/s1. The lowest BCUT2D eigenvalue weighted by atomic mass is 9.89. The van der Waals surface area contributed by atoms with Gasteiger partial charge in [0, 0.05) is 17.5 Å². The van der Waals surface area contributed by atoms with Crippen LogP contribution in [-0.4, -0.2) is 19.2 Å². The van der Waals surface area contributed by atoms with Gasteiger partial charge < -0.3 is 9.47 Å². The highest BCUT2D eigenvalue weighted by atomic mass is 79.9. The quantitative estimate of drug-likeness (QED) is 0.842. The molecule has 1 aliphatic heterocycles. The van der Waals surface area contributed by atoms with Gasteiger partial charge in [0.25, 0.3) is 0 Å². The number of hydrogen-bond donors (Lipinski definition) is 0. The third-order valence-electron chi connectivity index (χ3n) is 3.09. The van der Waals surface area contributed by atoms with Crippen molar-refractivity contribution in [3.05, 3.63) is 34.3 Å². The van der Waals surface area contributed by atoms with Gasteiger partial charge in [-0.3, -0.25) is 4.79 Å². The summed E-state index contributed by atoms with van der Waals surface area (Å²) in [4.78, 5) is 11.8. The van der Waals surface area contributed by atoms with Crippen LogP contribution in [0.2, 0.25) is 0 Å². The van der Waals surface area contributed by atoms with Crippen molar-refractivity contribution in [3.63, 3.8) is 0 Å². The van der Waals surface area contributed by atoms with E-state index in [2.05, 4.69) is 15.9 Å². The molecule has 0 bridgehead atoms. The molecule has 0 amide bonds. The Morgan fingerprint density at radius 1 is 1.35 bits per heavy atom. The van der Waals surface area contributed by atoms with E-state index in [1.807, 2.05) is 31.2 Å². The molecule has 0 radical (unpaired) electrons. The second-order valence-electron chi connectivity index (χ2n) is 4.23. The number of rotatable bonds is 2. The molecule has 0 saturated carbocycles. The monoisotopic (exact) mass is 298 g/mol. The molecular weight excluding hydrogens is 284 g/mol. The van der Waals surface area contributed by atoms with E-state index in [0.29, 0.717) is 6.42 Å². The van der Waals surface area contributed by atoms with Crippen LogP contribution in [-0.2, 0) is 14.3 Å². The van der Waals surface area contributed by atoms with Gasteiger partial charge in [0.05, 0.1) is 12.5 Å². The highest BCUT2D eigenvalue weighted by molar-refractivity contribution is 9.10. The average Bonchev–Trinajstić information content (AvgIpc) is 2.34. The van der Waals surface area contributed by atoms with Crippen molar-refractivity contribution in [2.45, 2.75) is 25.7 Å². The molecule has 0 spiro atoms. The van der Waals surface area contributed by atoms with E-state index in [-0.39, 0.29) is 17.8 Å². The molecule has 0 unspecified atom stereocenters. The van der Waals surface area contributed by atoms with Crippen molar-refractivity contribution in [1.82, 2.24) is 0 Å². The van der Waals surface area contributed by atoms with Crippen molar-refractivity contribution in [2.75, 3.05) is 7.11 Å². The summed E-state index contributed by atoms with van der Waals surface area (Å²) in [7, 11) is 1.56. The maximum atomic E-state index is 11.8. The lowest BCUT2D eigenvalue weighted by molar-refractivity contribution is -0.198. The fourth-order valence-electron chi connectivity index (χ4n) is 2.01. The molecule has 3 nitrogen and oxygen atoms in total. The van der Waals surface area contributed by atoms with E-state index in [1.54, 1.807) is 7.11 Å². The second-order valence-corrected chi connectivity index (χ2v) is 5.15. The van der Waals surface area contributed by atoms with Crippen molar-refractivity contribution < 1.29 is 14.3 Å². The maximum Gasteiger partial charge on any atom is 0.164 e. The summed E-state index contributed by atoms with van der Waals surface area (Å²) < 4.78 is 11.9. The van der Waals surface area contributed by atoms with Gasteiger partial charge in [-0.05, 0) is 17.7 Å². The third-order valence-corrected chi connectivity index (χ3v) is 3.62. The van der Waals surface area contributed by atoms with Gasteiger partial charge in [0.1, 0.15) is 5.78 Å². The molecule has 1 aromatic rings. The number of halogens is 1. The zero-order valence-electron chi connectivity index (χ0n) is 9.85. The summed E-state index contributed by atoms with van der Waals surface area (Å²) >= 11 is 3.39. The summed E-state index contributed by atoms with van der Waals surface area (Å²) in [6, 6.07) is 7.84.